The zero-order valence-electron chi connectivity index (χ0n) is 17.6. The molecule has 0 unspecified atom stereocenters. The molecule has 0 spiro atoms. The number of fused-ring (bicyclic) bond motifs is 1. The zero-order chi connectivity index (χ0) is 23.8. The molecule has 10 heteroatoms. The molecule has 0 fully saturated rings. The van der Waals surface area contributed by atoms with Crippen LogP contribution in [0.25, 0.3) is 15.9 Å². The van der Waals surface area contributed by atoms with Gasteiger partial charge in [-0.25, -0.2) is 4.98 Å². The van der Waals surface area contributed by atoms with Gasteiger partial charge in [0, 0.05) is 5.69 Å². The quantitative estimate of drug-likeness (QED) is 0.284. The lowest BCUT2D eigenvalue weighted by atomic mass is 10.1. The van der Waals surface area contributed by atoms with E-state index in [0.29, 0.717) is 21.1 Å². The molecule has 0 saturated heterocycles. The Kier molecular flexibility index (Phi) is 6.31. The summed E-state index contributed by atoms with van der Waals surface area (Å²) >= 11 is 2.39. The van der Waals surface area contributed by atoms with Crippen LogP contribution in [0.4, 0.5) is 18.9 Å². The smallest absolute Gasteiger partial charge is 0.325 e. The number of hydrogen-bond acceptors (Lipinski definition) is 5. The van der Waals surface area contributed by atoms with Gasteiger partial charge in [0.05, 0.1) is 22.5 Å². The van der Waals surface area contributed by atoms with Crippen molar-refractivity contribution in [2.24, 2.45) is 0 Å². The Balaban J connectivity index is 1.60. The summed E-state index contributed by atoms with van der Waals surface area (Å²) in [6.45, 7) is 3.82. The molecular formula is C23H18F3N3O2S2. The molecule has 0 aliphatic heterocycles. The predicted molar refractivity (Wildman–Crippen MR) is 125 cm³/mol. The number of carbonyl (C=O) groups is 1. The minimum atomic E-state index is -4.44. The van der Waals surface area contributed by atoms with Crippen molar-refractivity contribution in [3.05, 3.63) is 81.0 Å². The second-order valence-electron chi connectivity index (χ2n) is 7.37. The van der Waals surface area contributed by atoms with E-state index < -0.39 is 17.6 Å². The third-order valence-electron chi connectivity index (χ3n) is 4.88. The number of amides is 1. The van der Waals surface area contributed by atoms with Gasteiger partial charge in [-0.3, -0.25) is 14.2 Å². The van der Waals surface area contributed by atoms with Crippen molar-refractivity contribution in [1.82, 2.24) is 9.55 Å². The number of anilines is 1. The van der Waals surface area contributed by atoms with Gasteiger partial charge in [0.1, 0.15) is 4.70 Å². The Morgan fingerprint density at radius 3 is 2.55 bits per heavy atom. The Bertz CT molecular complexity index is 1390. The first kappa shape index (κ1) is 23.1. The second-order valence-corrected chi connectivity index (χ2v) is 9.23. The molecular weight excluding hydrogens is 471 g/mol. The molecule has 0 aliphatic rings. The van der Waals surface area contributed by atoms with Gasteiger partial charge in [-0.05, 0) is 66.8 Å². The topological polar surface area (TPSA) is 64.0 Å². The molecule has 4 aromatic rings. The number of alkyl halides is 3. The summed E-state index contributed by atoms with van der Waals surface area (Å²) in [5.41, 5.74) is 2.35. The van der Waals surface area contributed by atoms with Crippen molar-refractivity contribution in [3.63, 3.8) is 0 Å². The van der Waals surface area contributed by atoms with Crippen molar-refractivity contribution in [3.8, 4) is 5.69 Å². The molecule has 0 radical (unpaired) electrons. The minimum absolute atomic E-state index is 0.0754. The summed E-state index contributed by atoms with van der Waals surface area (Å²) in [6, 6.07) is 11.7. The monoisotopic (exact) mass is 489 g/mol. The number of thiophene rings is 1. The number of aryl methyl sites for hydroxylation is 2. The van der Waals surface area contributed by atoms with Gasteiger partial charge in [-0.15, -0.1) is 11.3 Å². The van der Waals surface area contributed by atoms with Crippen LogP contribution in [0.15, 0.2) is 63.9 Å². The molecule has 1 amide bonds. The maximum atomic E-state index is 13.3. The van der Waals surface area contributed by atoms with Gasteiger partial charge in [-0.1, -0.05) is 23.9 Å². The lowest BCUT2D eigenvalue weighted by Crippen LogP contribution is -2.23. The average Bonchev–Trinajstić information content (AvgIpc) is 3.23. The van der Waals surface area contributed by atoms with Gasteiger partial charge in [0.2, 0.25) is 5.91 Å². The number of hydrogen-bond donors (Lipinski definition) is 1. The van der Waals surface area contributed by atoms with E-state index in [1.165, 1.54) is 28.0 Å². The van der Waals surface area contributed by atoms with Gasteiger partial charge in [-0.2, -0.15) is 13.2 Å². The molecule has 4 rings (SSSR count). The normalized spacial score (nSPS) is 11.7. The molecule has 5 nitrogen and oxygen atoms in total. The number of aromatic nitrogens is 2. The molecule has 0 aliphatic carbocycles. The van der Waals surface area contributed by atoms with Crippen LogP contribution < -0.4 is 10.9 Å². The van der Waals surface area contributed by atoms with Crippen LogP contribution in [-0.2, 0) is 11.0 Å². The lowest BCUT2D eigenvalue weighted by molar-refractivity contribution is -0.137. The van der Waals surface area contributed by atoms with Crippen molar-refractivity contribution in [2.45, 2.75) is 25.2 Å². The Hall–Kier alpha value is -3.11. The van der Waals surface area contributed by atoms with E-state index in [4.69, 9.17) is 0 Å². The van der Waals surface area contributed by atoms with Crippen molar-refractivity contribution in [1.29, 1.82) is 0 Å². The number of thioether (sulfide) groups is 1. The maximum absolute atomic E-state index is 13.3. The first-order chi connectivity index (χ1) is 15.6. The average molecular weight is 490 g/mol. The summed E-state index contributed by atoms with van der Waals surface area (Å²) in [5, 5.41) is 4.73. The molecule has 0 bridgehead atoms. The highest BCUT2D eigenvalue weighted by Gasteiger charge is 2.30. The number of halogens is 3. The number of carbonyl (C=O) groups excluding carboxylic acids is 1. The van der Waals surface area contributed by atoms with Crippen LogP contribution in [0.2, 0.25) is 0 Å². The molecule has 170 valence electrons. The van der Waals surface area contributed by atoms with Gasteiger partial charge in [0.15, 0.2) is 5.16 Å². The molecule has 1 N–H and O–H groups in total. The van der Waals surface area contributed by atoms with Crippen molar-refractivity contribution in [2.75, 3.05) is 11.1 Å². The van der Waals surface area contributed by atoms with Gasteiger partial charge < -0.3 is 5.32 Å². The standard InChI is InChI=1S/C23H18F3N3O2S2/c1-13-3-4-14(2)18(11-13)29-21(31)20-17(9-10-32-20)28-22(29)33-12-19(30)27-16-7-5-15(6-8-16)23(24,25)26/h3-11H,12H2,1-2H3,(H,27,30). The van der Waals surface area contributed by atoms with Crippen LogP contribution in [0.1, 0.15) is 16.7 Å². The Labute approximate surface area is 195 Å². The van der Waals surface area contributed by atoms with E-state index in [2.05, 4.69) is 10.3 Å². The van der Waals surface area contributed by atoms with Crippen LogP contribution in [0, 0.1) is 13.8 Å². The van der Waals surface area contributed by atoms with E-state index in [1.807, 2.05) is 32.0 Å². The maximum Gasteiger partial charge on any atom is 0.416 e. The van der Waals surface area contributed by atoms with E-state index >= 15 is 0 Å². The van der Waals surface area contributed by atoms with E-state index in [1.54, 1.807) is 11.4 Å². The third-order valence-corrected chi connectivity index (χ3v) is 6.71. The van der Waals surface area contributed by atoms with Crippen LogP contribution in [0.5, 0.6) is 0 Å². The summed E-state index contributed by atoms with van der Waals surface area (Å²) in [6.07, 6.45) is -4.44. The van der Waals surface area contributed by atoms with Crippen molar-refractivity contribution < 1.29 is 18.0 Å². The molecule has 0 atom stereocenters. The fourth-order valence-electron chi connectivity index (χ4n) is 3.23. The molecule has 0 saturated carbocycles. The lowest BCUT2D eigenvalue weighted by Gasteiger charge is -2.15. The van der Waals surface area contributed by atoms with E-state index in [0.717, 1.165) is 35.0 Å². The van der Waals surface area contributed by atoms with Crippen LogP contribution >= 0.6 is 23.1 Å². The highest BCUT2D eigenvalue weighted by atomic mass is 32.2. The molecule has 33 heavy (non-hydrogen) atoms. The first-order valence-corrected chi connectivity index (χ1v) is 11.7. The number of benzene rings is 2. The largest absolute Gasteiger partial charge is 0.416 e. The first-order valence-electron chi connectivity index (χ1n) is 9.81. The van der Waals surface area contributed by atoms with E-state index in [-0.39, 0.29) is 17.0 Å². The molecule has 2 heterocycles. The van der Waals surface area contributed by atoms with Crippen LogP contribution in [0.3, 0.4) is 0 Å². The summed E-state index contributed by atoms with van der Waals surface area (Å²) in [5.74, 6) is -0.500. The summed E-state index contributed by atoms with van der Waals surface area (Å²) < 4.78 is 40.2. The number of rotatable bonds is 5. The van der Waals surface area contributed by atoms with Gasteiger partial charge in [0.25, 0.3) is 5.56 Å². The second kappa shape index (κ2) is 9.03. The molecule has 2 aromatic carbocycles. The van der Waals surface area contributed by atoms with Crippen LogP contribution in [-0.4, -0.2) is 21.2 Å². The number of nitrogens with zero attached hydrogens (tertiary/aromatic N) is 2. The van der Waals surface area contributed by atoms with E-state index in [9.17, 15) is 22.8 Å². The zero-order valence-corrected chi connectivity index (χ0v) is 19.2. The fourth-order valence-corrected chi connectivity index (χ4v) is 4.80. The number of nitrogens with one attached hydrogen (secondary N) is 1. The summed E-state index contributed by atoms with van der Waals surface area (Å²) in [7, 11) is 0. The summed E-state index contributed by atoms with van der Waals surface area (Å²) in [4.78, 5) is 30.3. The highest BCUT2D eigenvalue weighted by Crippen LogP contribution is 2.30. The molecule has 2 aromatic heterocycles. The fraction of sp³-hybridized carbons (Fsp3) is 0.174. The van der Waals surface area contributed by atoms with Gasteiger partial charge >= 0.3 is 6.18 Å². The SMILES string of the molecule is Cc1ccc(C)c(-n2c(SCC(=O)Nc3ccc(C(F)(F)F)cc3)nc3ccsc3c2=O)c1. The minimum Gasteiger partial charge on any atom is -0.325 e. The highest BCUT2D eigenvalue weighted by molar-refractivity contribution is 7.99. The third kappa shape index (κ3) is 4.96. The van der Waals surface area contributed by atoms with Crippen molar-refractivity contribution >= 4 is 44.9 Å². The Morgan fingerprint density at radius 1 is 1.12 bits per heavy atom. The predicted octanol–water partition coefficient (Wildman–Crippen LogP) is 5.81. The Morgan fingerprint density at radius 2 is 1.85 bits per heavy atom.